The summed E-state index contributed by atoms with van der Waals surface area (Å²) < 4.78 is 15.6. The summed E-state index contributed by atoms with van der Waals surface area (Å²) in [6.45, 7) is 0. The molecule has 118 valence electrons. The summed E-state index contributed by atoms with van der Waals surface area (Å²) in [5.41, 5.74) is 0.615. The standard InChI is InChI=1S/C17H11N3O4/c1-22-11-6-5-10-8-12(17(21)23-14(10)9-11)16-19-15(20-24-16)13-4-2-3-7-18-13/h2-9H,1H3. The van der Waals surface area contributed by atoms with Gasteiger partial charge in [0.1, 0.15) is 22.6 Å². The molecule has 0 aliphatic rings. The Morgan fingerprint density at radius 2 is 2.04 bits per heavy atom. The van der Waals surface area contributed by atoms with Crippen molar-refractivity contribution >= 4 is 11.0 Å². The number of fused-ring (bicyclic) bond motifs is 1. The molecule has 0 atom stereocenters. The van der Waals surface area contributed by atoms with E-state index in [9.17, 15) is 4.79 Å². The van der Waals surface area contributed by atoms with Crippen molar-refractivity contribution < 1.29 is 13.7 Å². The van der Waals surface area contributed by atoms with Crippen LogP contribution in [0, 0.1) is 0 Å². The number of rotatable bonds is 3. The second-order valence-electron chi connectivity index (χ2n) is 4.99. The highest BCUT2D eigenvalue weighted by Gasteiger charge is 2.16. The summed E-state index contributed by atoms with van der Waals surface area (Å²) in [6.07, 6.45) is 1.63. The fourth-order valence-corrected chi connectivity index (χ4v) is 2.30. The van der Waals surface area contributed by atoms with E-state index in [4.69, 9.17) is 13.7 Å². The number of benzene rings is 1. The number of aromatic nitrogens is 3. The normalized spacial score (nSPS) is 10.9. The first kappa shape index (κ1) is 14.1. The average Bonchev–Trinajstić information content (AvgIpc) is 3.11. The molecule has 1 aromatic carbocycles. The van der Waals surface area contributed by atoms with Gasteiger partial charge in [-0.15, -0.1) is 0 Å². The Balaban J connectivity index is 1.81. The zero-order valence-corrected chi connectivity index (χ0v) is 12.6. The van der Waals surface area contributed by atoms with Crippen LogP contribution in [0.2, 0.25) is 0 Å². The minimum absolute atomic E-state index is 0.0853. The molecule has 0 bridgehead atoms. The van der Waals surface area contributed by atoms with Crippen LogP contribution in [0.1, 0.15) is 0 Å². The van der Waals surface area contributed by atoms with Gasteiger partial charge in [-0.05, 0) is 30.3 Å². The fraction of sp³-hybridized carbons (Fsp3) is 0.0588. The van der Waals surface area contributed by atoms with E-state index in [2.05, 4.69) is 15.1 Å². The molecule has 3 aromatic heterocycles. The molecule has 3 heterocycles. The molecule has 0 unspecified atom stereocenters. The van der Waals surface area contributed by atoms with Crippen LogP contribution in [0.5, 0.6) is 5.75 Å². The van der Waals surface area contributed by atoms with E-state index >= 15 is 0 Å². The van der Waals surface area contributed by atoms with Gasteiger partial charge in [-0.25, -0.2) is 4.79 Å². The van der Waals surface area contributed by atoms with Gasteiger partial charge in [0, 0.05) is 17.6 Å². The van der Waals surface area contributed by atoms with Crippen molar-refractivity contribution in [2.75, 3.05) is 7.11 Å². The average molecular weight is 321 g/mol. The second kappa shape index (κ2) is 5.62. The molecule has 0 N–H and O–H groups in total. The molecule has 24 heavy (non-hydrogen) atoms. The van der Waals surface area contributed by atoms with Crippen LogP contribution >= 0.6 is 0 Å². The lowest BCUT2D eigenvalue weighted by Gasteiger charge is -2.02. The number of hydrogen-bond donors (Lipinski definition) is 0. The van der Waals surface area contributed by atoms with Crippen molar-refractivity contribution in [3.63, 3.8) is 0 Å². The van der Waals surface area contributed by atoms with E-state index in [-0.39, 0.29) is 11.5 Å². The van der Waals surface area contributed by atoms with Crippen LogP contribution in [0.4, 0.5) is 0 Å². The molecule has 4 rings (SSSR count). The van der Waals surface area contributed by atoms with Crippen molar-refractivity contribution in [1.29, 1.82) is 0 Å². The Hall–Kier alpha value is -3.48. The third-order valence-corrected chi connectivity index (χ3v) is 3.49. The van der Waals surface area contributed by atoms with E-state index in [1.165, 1.54) is 0 Å². The summed E-state index contributed by atoms with van der Waals surface area (Å²) in [4.78, 5) is 20.6. The third kappa shape index (κ3) is 2.41. The largest absolute Gasteiger partial charge is 0.497 e. The van der Waals surface area contributed by atoms with Gasteiger partial charge in [0.15, 0.2) is 0 Å². The minimum Gasteiger partial charge on any atom is -0.497 e. The first-order valence-electron chi connectivity index (χ1n) is 7.12. The maximum absolute atomic E-state index is 12.2. The van der Waals surface area contributed by atoms with E-state index in [1.54, 1.807) is 49.7 Å². The predicted molar refractivity (Wildman–Crippen MR) is 85.6 cm³/mol. The van der Waals surface area contributed by atoms with Gasteiger partial charge in [-0.3, -0.25) is 4.98 Å². The Bertz CT molecular complexity index is 1070. The number of ether oxygens (including phenoxy) is 1. The minimum atomic E-state index is -0.563. The quantitative estimate of drug-likeness (QED) is 0.536. The lowest BCUT2D eigenvalue weighted by molar-refractivity contribution is 0.414. The number of pyridine rings is 1. The van der Waals surface area contributed by atoms with Crippen molar-refractivity contribution in [1.82, 2.24) is 15.1 Å². The zero-order valence-electron chi connectivity index (χ0n) is 12.6. The van der Waals surface area contributed by atoms with Gasteiger partial charge in [0.25, 0.3) is 5.89 Å². The summed E-state index contributed by atoms with van der Waals surface area (Å²) in [5, 5.41) is 4.59. The molecule has 0 aliphatic heterocycles. The summed E-state index contributed by atoms with van der Waals surface area (Å²) in [5.74, 6) is 0.996. The van der Waals surface area contributed by atoms with E-state index < -0.39 is 5.63 Å². The van der Waals surface area contributed by atoms with Crippen LogP contribution in [-0.4, -0.2) is 22.2 Å². The highest BCUT2D eigenvalue weighted by atomic mass is 16.5. The molecule has 0 fully saturated rings. The number of nitrogens with zero attached hydrogens (tertiary/aromatic N) is 3. The third-order valence-electron chi connectivity index (χ3n) is 3.49. The van der Waals surface area contributed by atoms with Gasteiger partial charge in [0.05, 0.1) is 7.11 Å². The summed E-state index contributed by atoms with van der Waals surface area (Å²) in [6, 6.07) is 12.2. The summed E-state index contributed by atoms with van der Waals surface area (Å²) in [7, 11) is 1.55. The van der Waals surface area contributed by atoms with E-state index in [0.29, 0.717) is 22.9 Å². The van der Waals surface area contributed by atoms with Gasteiger partial charge >= 0.3 is 5.63 Å². The molecule has 0 amide bonds. The molecule has 4 aromatic rings. The number of hydrogen-bond acceptors (Lipinski definition) is 7. The molecule has 7 heteroatoms. The molecule has 0 saturated carbocycles. The summed E-state index contributed by atoms with van der Waals surface area (Å²) >= 11 is 0. The molecular weight excluding hydrogens is 310 g/mol. The van der Waals surface area contributed by atoms with Crippen LogP contribution in [-0.2, 0) is 0 Å². The highest BCUT2D eigenvalue weighted by molar-refractivity contribution is 5.81. The first-order valence-corrected chi connectivity index (χ1v) is 7.12. The number of methoxy groups -OCH3 is 1. The van der Waals surface area contributed by atoms with Gasteiger partial charge in [0.2, 0.25) is 5.82 Å². The molecule has 0 aliphatic carbocycles. The van der Waals surface area contributed by atoms with E-state index in [1.807, 2.05) is 6.07 Å². The molecule has 0 spiro atoms. The second-order valence-corrected chi connectivity index (χ2v) is 4.99. The SMILES string of the molecule is COc1ccc2cc(-c3nc(-c4ccccn4)no3)c(=O)oc2c1. The fourth-order valence-electron chi connectivity index (χ4n) is 2.30. The van der Waals surface area contributed by atoms with Crippen molar-refractivity contribution in [3.05, 3.63) is 59.1 Å². The predicted octanol–water partition coefficient (Wildman–Crippen LogP) is 2.91. The maximum atomic E-state index is 12.2. The topological polar surface area (TPSA) is 91.3 Å². The molecular formula is C17H11N3O4. The lowest BCUT2D eigenvalue weighted by Crippen LogP contribution is -2.03. The smallest absolute Gasteiger partial charge is 0.349 e. The van der Waals surface area contributed by atoms with Crippen LogP contribution in [0.3, 0.4) is 0 Å². The Kier molecular flexibility index (Phi) is 3.31. The van der Waals surface area contributed by atoms with Gasteiger partial charge in [-0.2, -0.15) is 4.98 Å². The Labute approximate surface area is 135 Å². The van der Waals surface area contributed by atoms with Crippen LogP contribution in [0.25, 0.3) is 33.9 Å². The molecule has 0 radical (unpaired) electrons. The monoisotopic (exact) mass is 321 g/mol. The van der Waals surface area contributed by atoms with Crippen molar-refractivity contribution in [3.8, 4) is 28.7 Å². The van der Waals surface area contributed by atoms with Crippen molar-refractivity contribution in [2.24, 2.45) is 0 Å². The van der Waals surface area contributed by atoms with Crippen LogP contribution in [0.15, 0.2) is 62.4 Å². The Morgan fingerprint density at radius 3 is 2.83 bits per heavy atom. The van der Waals surface area contributed by atoms with Gasteiger partial charge < -0.3 is 13.7 Å². The first-order chi connectivity index (χ1) is 11.7. The maximum Gasteiger partial charge on any atom is 0.349 e. The zero-order chi connectivity index (χ0) is 16.5. The lowest BCUT2D eigenvalue weighted by atomic mass is 10.2. The molecule has 7 nitrogen and oxygen atoms in total. The van der Waals surface area contributed by atoms with E-state index in [0.717, 1.165) is 5.39 Å². The Morgan fingerprint density at radius 1 is 1.12 bits per heavy atom. The highest BCUT2D eigenvalue weighted by Crippen LogP contribution is 2.24. The van der Waals surface area contributed by atoms with Crippen LogP contribution < -0.4 is 10.4 Å². The van der Waals surface area contributed by atoms with Crippen molar-refractivity contribution in [2.45, 2.75) is 0 Å². The molecule has 0 saturated heterocycles. The van der Waals surface area contributed by atoms with Gasteiger partial charge in [-0.1, -0.05) is 11.2 Å².